The van der Waals surface area contributed by atoms with Gasteiger partial charge in [0.2, 0.25) is 0 Å². The number of nitrogens with one attached hydrogen (secondary N) is 1. The highest BCUT2D eigenvalue weighted by atomic mass is 16.5. The first-order valence-electron chi connectivity index (χ1n) is 7.19. The second-order valence-corrected chi connectivity index (χ2v) is 5.61. The van der Waals surface area contributed by atoms with Crippen LogP contribution in [0, 0.1) is 11.8 Å². The van der Waals surface area contributed by atoms with E-state index in [0.29, 0.717) is 0 Å². The van der Waals surface area contributed by atoms with Gasteiger partial charge in [0.05, 0.1) is 0 Å². The molecule has 2 rings (SSSR count). The zero-order valence-electron chi connectivity index (χ0n) is 10.7. The molecule has 0 spiro atoms. The summed E-state index contributed by atoms with van der Waals surface area (Å²) >= 11 is 0. The SMILES string of the molecule is CCNC(CC1CCCC1)CC1CCOC1. The fourth-order valence-corrected chi connectivity index (χ4v) is 3.37. The summed E-state index contributed by atoms with van der Waals surface area (Å²) in [7, 11) is 0. The topological polar surface area (TPSA) is 21.3 Å². The van der Waals surface area contributed by atoms with E-state index in [1.807, 2.05) is 0 Å². The quantitative estimate of drug-likeness (QED) is 0.750. The van der Waals surface area contributed by atoms with Crippen molar-refractivity contribution in [2.45, 2.75) is 57.9 Å². The maximum absolute atomic E-state index is 5.48. The molecule has 0 aromatic carbocycles. The Morgan fingerprint density at radius 3 is 2.50 bits per heavy atom. The Morgan fingerprint density at radius 2 is 1.88 bits per heavy atom. The van der Waals surface area contributed by atoms with Crippen LogP contribution in [0.25, 0.3) is 0 Å². The second-order valence-electron chi connectivity index (χ2n) is 5.61. The van der Waals surface area contributed by atoms with Crippen LogP contribution in [0.2, 0.25) is 0 Å². The first-order chi connectivity index (χ1) is 7.88. The van der Waals surface area contributed by atoms with Gasteiger partial charge < -0.3 is 10.1 Å². The summed E-state index contributed by atoms with van der Waals surface area (Å²) in [6, 6.07) is 0.750. The lowest BCUT2D eigenvalue weighted by atomic mass is 9.91. The Balaban J connectivity index is 1.73. The Hall–Kier alpha value is -0.0800. The van der Waals surface area contributed by atoms with Crippen LogP contribution in [-0.4, -0.2) is 25.8 Å². The predicted octanol–water partition coefficient (Wildman–Crippen LogP) is 2.97. The Morgan fingerprint density at radius 1 is 1.12 bits per heavy atom. The van der Waals surface area contributed by atoms with Crippen molar-refractivity contribution in [3.8, 4) is 0 Å². The van der Waals surface area contributed by atoms with E-state index in [9.17, 15) is 0 Å². The number of ether oxygens (including phenoxy) is 1. The summed E-state index contributed by atoms with van der Waals surface area (Å²) in [6.45, 7) is 5.34. The lowest BCUT2D eigenvalue weighted by Crippen LogP contribution is -2.32. The third-order valence-corrected chi connectivity index (χ3v) is 4.23. The van der Waals surface area contributed by atoms with Gasteiger partial charge in [-0.2, -0.15) is 0 Å². The minimum absolute atomic E-state index is 0.750. The molecule has 94 valence electrons. The van der Waals surface area contributed by atoms with Crippen LogP contribution in [0.15, 0.2) is 0 Å². The Labute approximate surface area is 100 Å². The highest BCUT2D eigenvalue weighted by Crippen LogP contribution is 2.30. The van der Waals surface area contributed by atoms with Crippen LogP contribution in [0.1, 0.15) is 51.9 Å². The summed E-state index contributed by atoms with van der Waals surface area (Å²) in [4.78, 5) is 0. The van der Waals surface area contributed by atoms with E-state index in [0.717, 1.165) is 37.6 Å². The molecule has 1 heterocycles. The minimum Gasteiger partial charge on any atom is -0.381 e. The monoisotopic (exact) mass is 225 g/mol. The molecule has 2 atom stereocenters. The molecule has 0 aromatic heterocycles. The molecule has 0 aromatic rings. The molecule has 2 unspecified atom stereocenters. The van der Waals surface area contributed by atoms with Crippen molar-refractivity contribution in [3.63, 3.8) is 0 Å². The molecule has 1 N–H and O–H groups in total. The molecule has 1 saturated heterocycles. The summed E-state index contributed by atoms with van der Waals surface area (Å²) in [5.41, 5.74) is 0. The molecule has 0 amide bonds. The molecule has 1 aliphatic carbocycles. The highest BCUT2D eigenvalue weighted by molar-refractivity contribution is 4.79. The van der Waals surface area contributed by atoms with Crippen molar-refractivity contribution in [1.82, 2.24) is 5.32 Å². The van der Waals surface area contributed by atoms with Gasteiger partial charge in [0.25, 0.3) is 0 Å². The van der Waals surface area contributed by atoms with E-state index in [-0.39, 0.29) is 0 Å². The van der Waals surface area contributed by atoms with E-state index in [4.69, 9.17) is 4.74 Å². The molecule has 2 fully saturated rings. The van der Waals surface area contributed by atoms with Gasteiger partial charge in [-0.15, -0.1) is 0 Å². The molecular weight excluding hydrogens is 198 g/mol. The summed E-state index contributed by atoms with van der Waals surface area (Å²) < 4.78 is 5.48. The van der Waals surface area contributed by atoms with Crippen molar-refractivity contribution in [1.29, 1.82) is 0 Å². The van der Waals surface area contributed by atoms with E-state index < -0.39 is 0 Å². The molecule has 2 aliphatic rings. The van der Waals surface area contributed by atoms with E-state index in [2.05, 4.69) is 12.2 Å². The zero-order chi connectivity index (χ0) is 11.2. The molecule has 0 bridgehead atoms. The molecular formula is C14H27NO. The first-order valence-corrected chi connectivity index (χ1v) is 7.19. The van der Waals surface area contributed by atoms with Gasteiger partial charge in [0, 0.05) is 19.3 Å². The summed E-state index contributed by atoms with van der Waals surface area (Å²) in [5, 5.41) is 3.68. The van der Waals surface area contributed by atoms with Crippen molar-refractivity contribution in [2.24, 2.45) is 11.8 Å². The second kappa shape index (κ2) is 6.61. The first kappa shape index (κ1) is 12.4. The number of hydrogen-bond acceptors (Lipinski definition) is 2. The average molecular weight is 225 g/mol. The highest BCUT2D eigenvalue weighted by Gasteiger charge is 2.24. The smallest absolute Gasteiger partial charge is 0.0495 e. The van der Waals surface area contributed by atoms with E-state index in [1.54, 1.807) is 0 Å². The van der Waals surface area contributed by atoms with Crippen molar-refractivity contribution < 1.29 is 4.74 Å². The third kappa shape index (κ3) is 3.74. The fraction of sp³-hybridized carbons (Fsp3) is 1.00. The molecule has 1 aliphatic heterocycles. The van der Waals surface area contributed by atoms with Crippen LogP contribution in [0.4, 0.5) is 0 Å². The number of hydrogen-bond donors (Lipinski definition) is 1. The van der Waals surface area contributed by atoms with Crippen molar-refractivity contribution in [2.75, 3.05) is 19.8 Å². The molecule has 16 heavy (non-hydrogen) atoms. The Kier molecular flexibility index (Phi) is 5.11. The summed E-state index contributed by atoms with van der Waals surface area (Å²) in [6.07, 6.45) is 9.92. The average Bonchev–Trinajstić information content (AvgIpc) is 2.91. The van der Waals surface area contributed by atoms with Crippen molar-refractivity contribution in [3.05, 3.63) is 0 Å². The van der Waals surface area contributed by atoms with Gasteiger partial charge in [-0.05, 0) is 37.6 Å². The zero-order valence-corrected chi connectivity index (χ0v) is 10.7. The van der Waals surface area contributed by atoms with Crippen LogP contribution < -0.4 is 5.32 Å². The number of rotatable bonds is 6. The maximum Gasteiger partial charge on any atom is 0.0495 e. The van der Waals surface area contributed by atoms with Crippen molar-refractivity contribution >= 4 is 0 Å². The molecule has 0 radical (unpaired) electrons. The molecule has 1 saturated carbocycles. The van der Waals surface area contributed by atoms with E-state index >= 15 is 0 Å². The minimum atomic E-state index is 0.750. The third-order valence-electron chi connectivity index (χ3n) is 4.23. The van der Waals surface area contributed by atoms with Crippen LogP contribution in [-0.2, 0) is 4.74 Å². The maximum atomic E-state index is 5.48. The van der Waals surface area contributed by atoms with Crippen LogP contribution in [0.3, 0.4) is 0 Å². The normalized spacial score (nSPS) is 28.7. The predicted molar refractivity (Wildman–Crippen MR) is 67.6 cm³/mol. The standard InChI is InChI=1S/C14H27NO/c1-2-15-14(9-12-5-3-4-6-12)10-13-7-8-16-11-13/h12-15H,2-11H2,1H3. The van der Waals surface area contributed by atoms with E-state index in [1.165, 1.54) is 44.9 Å². The largest absolute Gasteiger partial charge is 0.381 e. The van der Waals surface area contributed by atoms with Gasteiger partial charge >= 0.3 is 0 Å². The molecule has 2 heteroatoms. The fourth-order valence-electron chi connectivity index (χ4n) is 3.37. The lowest BCUT2D eigenvalue weighted by molar-refractivity contribution is 0.180. The lowest BCUT2D eigenvalue weighted by Gasteiger charge is -2.23. The van der Waals surface area contributed by atoms with Gasteiger partial charge in [0.1, 0.15) is 0 Å². The van der Waals surface area contributed by atoms with Gasteiger partial charge in [-0.1, -0.05) is 32.6 Å². The van der Waals surface area contributed by atoms with Crippen LogP contribution in [0.5, 0.6) is 0 Å². The van der Waals surface area contributed by atoms with Gasteiger partial charge in [-0.25, -0.2) is 0 Å². The molecule has 2 nitrogen and oxygen atoms in total. The van der Waals surface area contributed by atoms with Gasteiger partial charge in [-0.3, -0.25) is 0 Å². The Bertz CT molecular complexity index is 165. The van der Waals surface area contributed by atoms with Gasteiger partial charge in [0.15, 0.2) is 0 Å². The summed E-state index contributed by atoms with van der Waals surface area (Å²) in [5.74, 6) is 1.83. The van der Waals surface area contributed by atoms with Crippen LogP contribution >= 0.6 is 0 Å².